The highest BCUT2D eigenvalue weighted by Gasteiger charge is 2.38. The number of aryl methyl sites for hydroxylation is 1. The summed E-state index contributed by atoms with van der Waals surface area (Å²) in [6.07, 6.45) is 7.67. The van der Waals surface area contributed by atoms with Gasteiger partial charge in [-0.05, 0) is 36.7 Å². The highest BCUT2D eigenvalue weighted by molar-refractivity contribution is 14.0. The van der Waals surface area contributed by atoms with Gasteiger partial charge in [-0.1, -0.05) is 30.3 Å². The maximum absolute atomic E-state index is 4.44. The van der Waals surface area contributed by atoms with E-state index in [1.165, 1.54) is 30.5 Å². The van der Waals surface area contributed by atoms with Crippen LogP contribution in [0.15, 0.2) is 47.7 Å². The average Bonchev–Trinajstić information content (AvgIpc) is 3.36. The van der Waals surface area contributed by atoms with E-state index in [0.717, 1.165) is 25.6 Å². The van der Waals surface area contributed by atoms with Crippen molar-refractivity contribution in [3.63, 3.8) is 0 Å². The van der Waals surface area contributed by atoms with Crippen LogP contribution >= 0.6 is 24.0 Å². The molecule has 7 heteroatoms. The van der Waals surface area contributed by atoms with Crippen LogP contribution in [0.5, 0.6) is 0 Å². The number of benzene rings is 1. The number of aromatic nitrogens is 2. The molecule has 0 bridgehead atoms. The van der Waals surface area contributed by atoms with Crippen LogP contribution < -0.4 is 15.5 Å². The number of piperidine rings is 1. The van der Waals surface area contributed by atoms with Crippen LogP contribution in [0.2, 0.25) is 0 Å². The number of hydrogen-bond donors (Lipinski definition) is 2. The molecule has 4 rings (SSSR count). The number of nitrogens with zero attached hydrogens (tertiary/aromatic N) is 4. The van der Waals surface area contributed by atoms with Crippen LogP contribution in [0.4, 0.5) is 5.69 Å². The molecular weight excluding hydrogens is 463 g/mol. The first-order chi connectivity index (χ1) is 13.2. The third kappa shape index (κ3) is 5.18. The Hall–Kier alpha value is -1.77. The Labute approximate surface area is 184 Å². The number of anilines is 1. The summed E-state index contributed by atoms with van der Waals surface area (Å²) in [5.74, 6) is 2.34. The van der Waals surface area contributed by atoms with Crippen molar-refractivity contribution in [2.24, 2.45) is 18.0 Å². The minimum atomic E-state index is 0. The highest BCUT2D eigenvalue weighted by Crippen LogP contribution is 2.46. The van der Waals surface area contributed by atoms with Gasteiger partial charge in [0.05, 0.1) is 11.9 Å². The number of nitrogens with one attached hydrogen (secondary N) is 2. The lowest BCUT2D eigenvalue weighted by Crippen LogP contribution is -2.51. The second kappa shape index (κ2) is 9.62. The van der Waals surface area contributed by atoms with Crippen molar-refractivity contribution in [2.45, 2.75) is 31.2 Å². The van der Waals surface area contributed by atoms with Gasteiger partial charge in [-0.25, -0.2) is 0 Å². The Morgan fingerprint density at radius 2 is 2.11 bits per heavy atom. The van der Waals surface area contributed by atoms with Crippen molar-refractivity contribution in [3.8, 4) is 0 Å². The second-order valence-electron chi connectivity index (χ2n) is 7.77. The molecule has 2 N–H and O–H groups in total. The third-order valence-corrected chi connectivity index (χ3v) is 5.72. The lowest BCUT2D eigenvalue weighted by molar-refractivity contribution is 0.467. The van der Waals surface area contributed by atoms with Gasteiger partial charge in [0.1, 0.15) is 0 Å². The van der Waals surface area contributed by atoms with Crippen LogP contribution in [0.25, 0.3) is 0 Å². The quantitative estimate of drug-likeness (QED) is 0.382. The van der Waals surface area contributed by atoms with E-state index in [2.05, 4.69) is 62.2 Å². The summed E-state index contributed by atoms with van der Waals surface area (Å²) in [5.41, 5.74) is 2.67. The molecule has 6 nitrogen and oxygen atoms in total. The fraction of sp³-hybridized carbons (Fsp3) is 0.524. The van der Waals surface area contributed by atoms with Gasteiger partial charge in [0.15, 0.2) is 5.96 Å². The van der Waals surface area contributed by atoms with Crippen molar-refractivity contribution in [1.29, 1.82) is 0 Å². The summed E-state index contributed by atoms with van der Waals surface area (Å²) in [4.78, 5) is 6.85. The first-order valence-electron chi connectivity index (χ1n) is 9.98. The summed E-state index contributed by atoms with van der Waals surface area (Å²) in [5, 5.41) is 11.5. The largest absolute Gasteiger partial charge is 0.367 e. The number of guanidine groups is 1. The van der Waals surface area contributed by atoms with E-state index in [1.807, 2.05) is 25.0 Å². The summed E-state index contributed by atoms with van der Waals surface area (Å²) in [7, 11) is 3.83. The van der Waals surface area contributed by atoms with Crippen LogP contribution in [-0.2, 0) is 7.05 Å². The number of halogens is 1. The van der Waals surface area contributed by atoms with Crippen LogP contribution in [0.1, 0.15) is 30.7 Å². The predicted octanol–water partition coefficient (Wildman–Crippen LogP) is 2.98. The van der Waals surface area contributed by atoms with Gasteiger partial charge in [-0.3, -0.25) is 9.67 Å². The van der Waals surface area contributed by atoms with E-state index in [9.17, 15) is 0 Å². The van der Waals surface area contributed by atoms with Crippen LogP contribution in [0.3, 0.4) is 0 Å². The van der Waals surface area contributed by atoms with E-state index in [1.54, 1.807) is 0 Å². The minimum absolute atomic E-state index is 0. The topological polar surface area (TPSA) is 57.5 Å². The van der Waals surface area contributed by atoms with Crippen LogP contribution in [-0.4, -0.2) is 48.5 Å². The first kappa shape index (κ1) is 21.0. The maximum Gasteiger partial charge on any atom is 0.191 e. The first-order valence-corrected chi connectivity index (χ1v) is 9.98. The van der Waals surface area contributed by atoms with Gasteiger partial charge in [0.25, 0.3) is 0 Å². The molecule has 1 aromatic carbocycles. The van der Waals surface area contributed by atoms with E-state index in [-0.39, 0.29) is 24.0 Å². The van der Waals surface area contributed by atoms with Gasteiger partial charge in [-0.2, -0.15) is 5.10 Å². The maximum atomic E-state index is 4.44. The molecule has 28 heavy (non-hydrogen) atoms. The summed E-state index contributed by atoms with van der Waals surface area (Å²) in [6, 6.07) is 11.3. The van der Waals surface area contributed by atoms with E-state index < -0.39 is 0 Å². The normalized spacial score (nSPS) is 24.4. The van der Waals surface area contributed by atoms with Gasteiger partial charge >= 0.3 is 0 Å². The zero-order chi connectivity index (χ0) is 18.6. The average molecular weight is 494 g/mol. The fourth-order valence-corrected chi connectivity index (χ4v) is 4.10. The highest BCUT2D eigenvalue weighted by atomic mass is 127. The number of aliphatic imine (C=N–C) groups is 1. The van der Waals surface area contributed by atoms with Crippen molar-refractivity contribution in [2.75, 3.05) is 31.6 Å². The molecule has 0 radical (unpaired) electrons. The van der Waals surface area contributed by atoms with Crippen molar-refractivity contribution in [1.82, 2.24) is 20.4 Å². The summed E-state index contributed by atoms with van der Waals surface area (Å²) >= 11 is 0. The second-order valence-corrected chi connectivity index (χ2v) is 7.77. The van der Waals surface area contributed by atoms with Gasteiger partial charge in [-0.15, -0.1) is 24.0 Å². The Balaban J connectivity index is 0.00000225. The molecule has 1 saturated carbocycles. The molecule has 152 valence electrons. The Morgan fingerprint density at radius 1 is 1.29 bits per heavy atom. The monoisotopic (exact) mass is 494 g/mol. The van der Waals surface area contributed by atoms with Gasteiger partial charge in [0.2, 0.25) is 0 Å². The molecule has 2 heterocycles. The zero-order valence-electron chi connectivity index (χ0n) is 16.7. The van der Waals surface area contributed by atoms with Crippen molar-refractivity contribution < 1.29 is 0 Å². The molecule has 3 atom stereocenters. The molecule has 3 unspecified atom stereocenters. The number of rotatable bonds is 5. The molecular formula is C21H31IN6. The molecule has 1 aromatic heterocycles. The minimum Gasteiger partial charge on any atom is -0.367 e. The van der Waals surface area contributed by atoms with Crippen molar-refractivity contribution >= 4 is 35.6 Å². The Morgan fingerprint density at radius 3 is 2.82 bits per heavy atom. The molecule has 2 fully saturated rings. The molecule has 2 aliphatic rings. The zero-order valence-corrected chi connectivity index (χ0v) is 19.0. The lowest BCUT2D eigenvalue weighted by atomic mass is 10.1. The molecule has 1 aliphatic carbocycles. The van der Waals surface area contributed by atoms with Gasteiger partial charge in [0, 0.05) is 46.0 Å². The molecule has 1 aliphatic heterocycles. The van der Waals surface area contributed by atoms with E-state index >= 15 is 0 Å². The van der Waals surface area contributed by atoms with Crippen LogP contribution in [0, 0.1) is 5.92 Å². The number of hydrogen-bond acceptors (Lipinski definition) is 3. The van der Waals surface area contributed by atoms with Crippen molar-refractivity contribution in [3.05, 3.63) is 48.3 Å². The predicted molar refractivity (Wildman–Crippen MR) is 126 cm³/mol. The van der Waals surface area contributed by atoms with Gasteiger partial charge < -0.3 is 15.5 Å². The SMILES string of the molecule is CN=C(NCC1CC1c1ccccc1)NC1CCCN(c2cnn(C)c2)C1.I. The molecule has 1 saturated heterocycles. The van der Waals surface area contributed by atoms with E-state index in [4.69, 9.17) is 0 Å². The molecule has 0 amide bonds. The summed E-state index contributed by atoms with van der Waals surface area (Å²) < 4.78 is 1.87. The fourth-order valence-electron chi connectivity index (χ4n) is 4.10. The lowest BCUT2D eigenvalue weighted by Gasteiger charge is -2.34. The van der Waals surface area contributed by atoms with E-state index in [0.29, 0.717) is 17.9 Å². The Bertz CT molecular complexity index is 774. The third-order valence-electron chi connectivity index (χ3n) is 5.72. The summed E-state index contributed by atoms with van der Waals surface area (Å²) in [6.45, 7) is 3.07. The Kier molecular flexibility index (Phi) is 7.20. The molecule has 2 aromatic rings. The molecule has 0 spiro atoms. The smallest absolute Gasteiger partial charge is 0.191 e. The standard InChI is InChI=1S/C21H30N6.HI/c1-22-21(23-12-17-11-20(17)16-7-4-3-5-8-16)25-18-9-6-10-27(14-18)19-13-24-26(2)15-19;/h3-5,7-8,13,15,17-18,20H,6,9-12,14H2,1-2H3,(H2,22,23,25);1H.